The molecule has 1 aromatic rings. The predicted octanol–water partition coefficient (Wildman–Crippen LogP) is 0.334. The van der Waals surface area contributed by atoms with Gasteiger partial charge in [-0.1, -0.05) is 12.1 Å². The lowest BCUT2D eigenvalue weighted by molar-refractivity contribution is 0.0662. The average Bonchev–Trinajstić information content (AvgIpc) is 2.76. The van der Waals surface area contributed by atoms with Crippen LogP contribution in [0.15, 0.2) is 24.3 Å². The summed E-state index contributed by atoms with van der Waals surface area (Å²) < 4.78 is 5.06. The van der Waals surface area contributed by atoms with Gasteiger partial charge < -0.3 is 19.8 Å². The van der Waals surface area contributed by atoms with Gasteiger partial charge in [0, 0.05) is 52.0 Å². The van der Waals surface area contributed by atoms with Crippen LogP contribution in [0.3, 0.4) is 0 Å². The number of carbonyl (C=O) groups is 1. The molecule has 1 aromatic carbocycles. The molecule has 6 nitrogen and oxygen atoms in total. The Hall–Kier alpha value is -1.47. The number of carbonyl (C=O) groups excluding carboxylic acids is 1. The third-order valence-electron chi connectivity index (χ3n) is 4.08. The molecule has 1 amide bonds. The minimum absolute atomic E-state index is 0.0344. The Morgan fingerprint density at radius 3 is 2.65 bits per heavy atom. The number of aliphatic hydroxyl groups excluding tert-OH is 2. The average molecular weight is 322 g/mol. The second-order valence-corrected chi connectivity index (χ2v) is 5.91. The van der Waals surface area contributed by atoms with Crippen molar-refractivity contribution in [2.75, 3.05) is 46.4 Å². The Labute approximate surface area is 137 Å². The first-order chi connectivity index (χ1) is 11.1. The smallest absolute Gasteiger partial charge is 0.253 e. The van der Waals surface area contributed by atoms with Crippen LogP contribution < -0.4 is 0 Å². The lowest BCUT2D eigenvalue weighted by Crippen LogP contribution is -2.37. The van der Waals surface area contributed by atoms with Crippen molar-refractivity contribution >= 4 is 5.91 Å². The van der Waals surface area contributed by atoms with E-state index in [1.54, 1.807) is 36.3 Å². The highest BCUT2D eigenvalue weighted by molar-refractivity contribution is 5.94. The van der Waals surface area contributed by atoms with Crippen LogP contribution in [0, 0.1) is 0 Å². The molecular weight excluding hydrogens is 296 g/mol. The Morgan fingerprint density at radius 2 is 2.00 bits per heavy atom. The second-order valence-electron chi connectivity index (χ2n) is 5.91. The number of hydrogen-bond acceptors (Lipinski definition) is 5. The van der Waals surface area contributed by atoms with E-state index in [-0.39, 0.29) is 12.5 Å². The molecule has 2 N–H and O–H groups in total. The van der Waals surface area contributed by atoms with Gasteiger partial charge in [-0.05, 0) is 24.1 Å². The van der Waals surface area contributed by atoms with E-state index < -0.39 is 6.10 Å². The van der Waals surface area contributed by atoms with Crippen molar-refractivity contribution in [3.63, 3.8) is 0 Å². The summed E-state index contributed by atoms with van der Waals surface area (Å²) in [5.74, 6) is -0.0766. The van der Waals surface area contributed by atoms with Gasteiger partial charge >= 0.3 is 0 Å². The molecule has 0 radical (unpaired) electrons. The maximum Gasteiger partial charge on any atom is 0.253 e. The molecule has 23 heavy (non-hydrogen) atoms. The Kier molecular flexibility index (Phi) is 6.98. The highest BCUT2D eigenvalue weighted by Gasteiger charge is 2.24. The Morgan fingerprint density at radius 1 is 1.26 bits per heavy atom. The molecule has 1 aliphatic rings. The molecule has 1 unspecified atom stereocenters. The van der Waals surface area contributed by atoms with Gasteiger partial charge in [-0.3, -0.25) is 9.69 Å². The van der Waals surface area contributed by atoms with Crippen molar-refractivity contribution in [3.8, 4) is 0 Å². The Balaban J connectivity index is 1.95. The number of hydrogen-bond donors (Lipinski definition) is 2. The van der Waals surface area contributed by atoms with Gasteiger partial charge in [0.15, 0.2) is 0 Å². The molecule has 1 atom stereocenters. The van der Waals surface area contributed by atoms with E-state index in [0.29, 0.717) is 31.8 Å². The molecule has 0 saturated carbocycles. The summed E-state index contributed by atoms with van der Waals surface area (Å²) in [6.45, 7) is 3.81. The third-order valence-corrected chi connectivity index (χ3v) is 4.08. The van der Waals surface area contributed by atoms with Gasteiger partial charge in [-0.2, -0.15) is 0 Å². The standard InChI is InChI=1S/C17H26N2O4/c1-23-10-2-7-18-8-9-19(12-16(21)11-18)17(22)15-5-3-14(13-20)4-6-15/h3-6,16,20-21H,2,7-13H2,1H3. The van der Waals surface area contributed by atoms with Crippen molar-refractivity contribution in [1.82, 2.24) is 9.80 Å². The monoisotopic (exact) mass is 322 g/mol. The number of nitrogens with zero attached hydrogens (tertiary/aromatic N) is 2. The summed E-state index contributed by atoms with van der Waals surface area (Å²) in [4.78, 5) is 16.5. The van der Waals surface area contributed by atoms with E-state index in [4.69, 9.17) is 9.84 Å². The summed E-state index contributed by atoms with van der Waals surface area (Å²) in [6.07, 6.45) is 0.375. The normalized spacial score (nSPS) is 19.6. The van der Waals surface area contributed by atoms with Crippen LogP contribution in [0.2, 0.25) is 0 Å². The zero-order valence-corrected chi connectivity index (χ0v) is 13.6. The van der Waals surface area contributed by atoms with E-state index in [1.165, 1.54) is 0 Å². The third kappa shape index (κ3) is 5.28. The van der Waals surface area contributed by atoms with Gasteiger partial charge in [-0.15, -0.1) is 0 Å². The molecule has 0 bridgehead atoms. The molecule has 0 aromatic heterocycles. The predicted molar refractivity (Wildman–Crippen MR) is 87.2 cm³/mol. The van der Waals surface area contributed by atoms with E-state index >= 15 is 0 Å². The quantitative estimate of drug-likeness (QED) is 0.739. The summed E-state index contributed by atoms with van der Waals surface area (Å²) in [7, 11) is 1.68. The van der Waals surface area contributed by atoms with Crippen molar-refractivity contribution in [2.24, 2.45) is 0 Å². The van der Waals surface area contributed by atoms with E-state index in [9.17, 15) is 9.90 Å². The van der Waals surface area contributed by atoms with Gasteiger partial charge in [-0.25, -0.2) is 0 Å². The molecule has 6 heteroatoms. The first-order valence-electron chi connectivity index (χ1n) is 8.02. The fourth-order valence-corrected chi connectivity index (χ4v) is 2.81. The molecule has 0 aliphatic carbocycles. The first-order valence-corrected chi connectivity index (χ1v) is 8.02. The van der Waals surface area contributed by atoms with Crippen LogP contribution in [0.25, 0.3) is 0 Å². The zero-order chi connectivity index (χ0) is 16.7. The summed E-state index contributed by atoms with van der Waals surface area (Å²) in [5.41, 5.74) is 1.36. The lowest BCUT2D eigenvalue weighted by Gasteiger charge is -2.22. The van der Waals surface area contributed by atoms with Crippen LogP contribution in [0.5, 0.6) is 0 Å². The van der Waals surface area contributed by atoms with Crippen molar-refractivity contribution < 1.29 is 19.7 Å². The summed E-state index contributed by atoms with van der Waals surface area (Å²) in [6, 6.07) is 6.94. The zero-order valence-electron chi connectivity index (χ0n) is 13.6. The van der Waals surface area contributed by atoms with Gasteiger partial charge in [0.1, 0.15) is 0 Å². The highest BCUT2D eigenvalue weighted by Crippen LogP contribution is 2.11. The number of amides is 1. The fourth-order valence-electron chi connectivity index (χ4n) is 2.81. The van der Waals surface area contributed by atoms with Crippen LogP contribution in [0.4, 0.5) is 0 Å². The van der Waals surface area contributed by atoms with Gasteiger partial charge in [0.05, 0.1) is 12.7 Å². The van der Waals surface area contributed by atoms with Crippen LogP contribution >= 0.6 is 0 Å². The molecule has 1 aliphatic heterocycles. The molecule has 128 valence electrons. The number of methoxy groups -OCH3 is 1. The van der Waals surface area contributed by atoms with Crippen molar-refractivity contribution in [2.45, 2.75) is 19.1 Å². The van der Waals surface area contributed by atoms with Gasteiger partial charge in [0.25, 0.3) is 5.91 Å². The minimum atomic E-state index is -0.541. The molecule has 2 rings (SSSR count). The molecule has 1 heterocycles. The number of aliphatic hydroxyl groups is 2. The first kappa shape index (κ1) is 17.9. The van der Waals surface area contributed by atoms with Crippen molar-refractivity contribution in [3.05, 3.63) is 35.4 Å². The SMILES string of the molecule is COCCCN1CCN(C(=O)c2ccc(CO)cc2)CC(O)C1. The van der Waals surface area contributed by atoms with Crippen LogP contribution in [-0.2, 0) is 11.3 Å². The number of β-amino-alcohol motifs (C(OH)–C–C–N with tert-alkyl or cyclic N) is 1. The highest BCUT2D eigenvalue weighted by atomic mass is 16.5. The maximum atomic E-state index is 12.6. The Bertz CT molecular complexity index is 492. The fraction of sp³-hybridized carbons (Fsp3) is 0.588. The largest absolute Gasteiger partial charge is 0.392 e. The molecule has 1 saturated heterocycles. The minimum Gasteiger partial charge on any atom is -0.392 e. The molecule has 0 spiro atoms. The topological polar surface area (TPSA) is 73.2 Å². The number of ether oxygens (including phenoxy) is 1. The summed E-state index contributed by atoms with van der Waals surface area (Å²) >= 11 is 0. The van der Waals surface area contributed by atoms with E-state index in [1.807, 2.05) is 0 Å². The number of benzene rings is 1. The number of rotatable bonds is 6. The van der Waals surface area contributed by atoms with E-state index in [0.717, 1.165) is 25.1 Å². The lowest BCUT2D eigenvalue weighted by atomic mass is 10.1. The molecular formula is C17H26N2O4. The maximum absolute atomic E-state index is 12.6. The molecule has 1 fully saturated rings. The van der Waals surface area contributed by atoms with Crippen molar-refractivity contribution in [1.29, 1.82) is 0 Å². The van der Waals surface area contributed by atoms with Crippen LogP contribution in [-0.4, -0.2) is 78.5 Å². The summed E-state index contributed by atoms with van der Waals surface area (Å²) in [5, 5.41) is 19.2. The van der Waals surface area contributed by atoms with Crippen LogP contribution in [0.1, 0.15) is 22.3 Å². The van der Waals surface area contributed by atoms with Gasteiger partial charge in [0.2, 0.25) is 0 Å². The van der Waals surface area contributed by atoms with E-state index in [2.05, 4.69) is 4.90 Å². The second kappa shape index (κ2) is 8.98.